The van der Waals surface area contributed by atoms with Gasteiger partial charge in [0.2, 0.25) is 5.95 Å². The van der Waals surface area contributed by atoms with E-state index in [1.54, 1.807) is 6.07 Å². The molecular formula is C21H24N6O. The molecule has 1 atom stereocenters. The summed E-state index contributed by atoms with van der Waals surface area (Å²) in [5, 5.41) is 7.46. The van der Waals surface area contributed by atoms with Gasteiger partial charge in [-0.1, -0.05) is 30.3 Å². The molecule has 1 aliphatic rings. The van der Waals surface area contributed by atoms with Crippen LogP contribution in [0.2, 0.25) is 0 Å². The minimum absolute atomic E-state index is 0.0916. The number of carbonyl (C=O) groups is 1. The van der Waals surface area contributed by atoms with Crippen molar-refractivity contribution < 1.29 is 4.79 Å². The summed E-state index contributed by atoms with van der Waals surface area (Å²) in [7, 11) is 0. The number of rotatable bonds is 4. The van der Waals surface area contributed by atoms with Gasteiger partial charge >= 0.3 is 0 Å². The zero-order valence-electron chi connectivity index (χ0n) is 15.9. The van der Waals surface area contributed by atoms with Crippen molar-refractivity contribution in [2.75, 3.05) is 18.8 Å². The average molecular weight is 376 g/mol. The molecule has 7 heteroatoms. The maximum atomic E-state index is 12.9. The number of carbonyl (C=O) groups excluding carboxylic acids is 1. The van der Waals surface area contributed by atoms with Crippen molar-refractivity contribution in [3.63, 3.8) is 0 Å². The van der Waals surface area contributed by atoms with Gasteiger partial charge in [-0.15, -0.1) is 0 Å². The smallest absolute Gasteiger partial charge is 0.272 e. The van der Waals surface area contributed by atoms with Crippen LogP contribution in [0.15, 0.2) is 42.6 Å². The van der Waals surface area contributed by atoms with Crippen LogP contribution in [-0.2, 0) is 6.42 Å². The number of piperidine rings is 1. The fourth-order valence-electron chi connectivity index (χ4n) is 3.89. The molecule has 7 nitrogen and oxygen atoms in total. The van der Waals surface area contributed by atoms with E-state index in [0.29, 0.717) is 17.9 Å². The second kappa shape index (κ2) is 7.80. The Morgan fingerprint density at radius 2 is 2.11 bits per heavy atom. The van der Waals surface area contributed by atoms with Gasteiger partial charge in [-0.25, -0.2) is 9.97 Å². The van der Waals surface area contributed by atoms with Crippen LogP contribution >= 0.6 is 0 Å². The Kier molecular flexibility index (Phi) is 5.06. The summed E-state index contributed by atoms with van der Waals surface area (Å²) in [6, 6.07) is 12.0. The number of benzene rings is 1. The third kappa shape index (κ3) is 3.88. The Morgan fingerprint density at radius 1 is 1.29 bits per heavy atom. The molecule has 1 unspecified atom stereocenters. The molecule has 1 fully saturated rings. The molecule has 1 saturated heterocycles. The average Bonchev–Trinajstić information content (AvgIpc) is 3.15. The number of likely N-dealkylation sites (tertiary alicyclic amines) is 1. The van der Waals surface area contributed by atoms with Gasteiger partial charge in [0, 0.05) is 36.8 Å². The normalized spacial score (nSPS) is 16.9. The van der Waals surface area contributed by atoms with Gasteiger partial charge in [-0.2, -0.15) is 5.10 Å². The number of aryl methyl sites for hydroxylation is 1. The molecule has 1 aliphatic heterocycles. The molecule has 0 bridgehead atoms. The Bertz CT molecular complexity index is 948. The number of nitrogens with zero attached hydrogens (tertiary/aromatic N) is 4. The number of aromatic amines is 1. The lowest BCUT2D eigenvalue weighted by atomic mass is 9.90. The van der Waals surface area contributed by atoms with Crippen molar-refractivity contribution in [1.29, 1.82) is 0 Å². The highest BCUT2D eigenvalue weighted by Crippen LogP contribution is 2.29. The third-order valence-corrected chi connectivity index (χ3v) is 5.20. The third-order valence-electron chi connectivity index (χ3n) is 5.20. The van der Waals surface area contributed by atoms with Crippen molar-refractivity contribution >= 4 is 11.9 Å². The monoisotopic (exact) mass is 376 g/mol. The number of anilines is 1. The second-order valence-electron chi connectivity index (χ2n) is 7.31. The number of hydrogen-bond acceptors (Lipinski definition) is 5. The predicted molar refractivity (Wildman–Crippen MR) is 107 cm³/mol. The van der Waals surface area contributed by atoms with E-state index in [2.05, 4.69) is 32.3 Å². The number of nitrogen functional groups attached to an aromatic ring is 1. The van der Waals surface area contributed by atoms with Crippen LogP contribution in [0, 0.1) is 6.92 Å². The van der Waals surface area contributed by atoms with Gasteiger partial charge in [0.25, 0.3) is 5.91 Å². The zero-order valence-corrected chi connectivity index (χ0v) is 15.9. The van der Waals surface area contributed by atoms with Crippen LogP contribution in [0.3, 0.4) is 0 Å². The van der Waals surface area contributed by atoms with Gasteiger partial charge in [-0.05, 0) is 37.0 Å². The summed E-state index contributed by atoms with van der Waals surface area (Å²) in [5.74, 6) is 0.279. The lowest BCUT2D eigenvalue weighted by Gasteiger charge is -2.32. The van der Waals surface area contributed by atoms with Crippen molar-refractivity contribution in [3.05, 3.63) is 70.8 Å². The quantitative estimate of drug-likeness (QED) is 0.729. The molecule has 1 aromatic carbocycles. The van der Waals surface area contributed by atoms with Crippen LogP contribution in [-0.4, -0.2) is 44.1 Å². The number of H-pyrrole nitrogens is 1. The van der Waals surface area contributed by atoms with Crippen LogP contribution in [0.4, 0.5) is 5.95 Å². The molecule has 3 heterocycles. The molecule has 2 aromatic heterocycles. The minimum Gasteiger partial charge on any atom is -0.368 e. The standard InChI is InChI=1S/C21H24N6O/c1-14-10-18(25-21(22)24-14)20(28)27-9-5-8-16(13-27)19-17(12-23-26-19)11-15-6-3-2-4-7-15/h2-4,6-7,10,12,16H,5,8-9,11,13H2,1H3,(H,23,26)(H2,22,24,25). The van der Waals surface area contributed by atoms with Crippen molar-refractivity contribution in [1.82, 2.24) is 25.1 Å². The lowest BCUT2D eigenvalue weighted by Crippen LogP contribution is -2.40. The van der Waals surface area contributed by atoms with Gasteiger partial charge in [0.15, 0.2) is 0 Å². The molecular weight excluding hydrogens is 352 g/mol. The van der Waals surface area contributed by atoms with E-state index in [4.69, 9.17) is 5.73 Å². The Labute approximate surface area is 164 Å². The van der Waals surface area contributed by atoms with E-state index in [-0.39, 0.29) is 17.8 Å². The van der Waals surface area contributed by atoms with Gasteiger partial charge in [0.05, 0.1) is 6.20 Å². The predicted octanol–water partition coefficient (Wildman–Crippen LogP) is 2.70. The number of nitrogens with two attached hydrogens (primary N) is 1. The molecule has 0 spiro atoms. The highest BCUT2D eigenvalue weighted by molar-refractivity contribution is 5.92. The zero-order chi connectivity index (χ0) is 19.5. The van der Waals surface area contributed by atoms with E-state index in [1.165, 1.54) is 11.1 Å². The number of aromatic nitrogens is 4. The maximum Gasteiger partial charge on any atom is 0.272 e. The fourth-order valence-corrected chi connectivity index (χ4v) is 3.89. The van der Waals surface area contributed by atoms with Crippen LogP contribution in [0.5, 0.6) is 0 Å². The van der Waals surface area contributed by atoms with Crippen molar-refractivity contribution in [2.45, 2.75) is 32.1 Å². The lowest BCUT2D eigenvalue weighted by molar-refractivity contribution is 0.0699. The van der Waals surface area contributed by atoms with Crippen molar-refractivity contribution in [2.24, 2.45) is 0 Å². The highest BCUT2D eigenvalue weighted by Gasteiger charge is 2.28. The topological polar surface area (TPSA) is 101 Å². The molecule has 3 N–H and O–H groups in total. The molecule has 28 heavy (non-hydrogen) atoms. The number of nitrogens with one attached hydrogen (secondary N) is 1. The molecule has 144 valence electrons. The van der Waals surface area contributed by atoms with Gasteiger partial charge < -0.3 is 10.6 Å². The Morgan fingerprint density at radius 3 is 2.89 bits per heavy atom. The highest BCUT2D eigenvalue weighted by atomic mass is 16.2. The minimum atomic E-state index is -0.0916. The molecule has 4 rings (SSSR count). The Balaban J connectivity index is 1.52. The van der Waals surface area contributed by atoms with Gasteiger partial charge in [0.1, 0.15) is 5.69 Å². The van der Waals surface area contributed by atoms with Gasteiger partial charge in [-0.3, -0.25) is 9.89 Å². The molecule has 0 aliphatic carbocycles. The first-order valence-corrected chi connectivity index (χ1v) is 9.56. The summed E-state index contributed by atoms with van der Waals surface area (Å²) >= 11 is 0. The van der Waals surface area contributed by atoms with E-state index in [0.717, 1.165) is 31.5 Å². The summed E-state index contributed by atoms with van der Waals surface area (Å²) in [4.78, 5) is 23.0. The van der Waals surface area contributed by atoms with E-state index in [1.807, 2.05) is 36.2 Å². The SMILES string of the molecule is Cc1cc(C(=O)N2CCCC(c3[nH]ncc3Cc3ccccc3)C2)nc(N)n1. The van der Waals surface area contributed by atoms with E-state index in [9.17, 15) is 4.79 Å². The largest absolute Gasteiger partial charge is 0.368 e. The Hall–Kier alpha value is -3.22. The summed E-state index contributed by atoms with van der Waals surface area (Å²) in [6.45, 7) is 3.18. The van der Waals surface area contributed by atoms with Crippen LogP contribution in [0.1, 0.15) is 51.8 Å². The molecule has 1 amide bonds. The first kappa shape index (κ1) is 18.2. The summed E-state index contributed by atoms with van der Waals surface area (Å²) in [6.07, 6.45) is 4.70. The first-order valence-electron chi connectivity index (χ1n) is 9.56. The molecule has 3 aromatic rings. The first-order chi connectivity index (χ1) is 13.6. The summed E-state index contributed by atoms with van der Waals surface area (Å²) < 4.78 is 0. The van der Waals surface area contributed by atoms with Crippen LogP contribution in [0.25, 0.3) is 0 Å². The van der Waals surface area contributed by atoms with E-state index < -0.39 is 0 Å². The maximum absolute atomic E-state index is 12.9. The fraction of sp³-hybridized carbons (Fsp3) is 0.333. The second-order valence-corrected chi connectivity index (χ2v) is 7.31. The molecule has 0 saturated carbocycles. The van der Waals surface area contributed by atoms with Crippen molar-refractivity contribution in [3.8, 4) is 0 Å². The van der Waals surface area contributed by atoms with E-state index >= 15 is 0 Å². The molecule has 0 radical (unpaired) electrons. The summed E-state index contributed by atoms with van der Waals surface area (Å²) in [5.41, 5.74) is 10.3. The number of amides is 1. The van der Waals surface area contributed by atoms with Crippen LogP contribution < -0.4 is 5.73 Å². The number of hydrogen-bond donors (Lipinski definition) is 2.